The van der Waals surface area contributed by atoms with E-state index in [1.165, 1.54) is 5.56 Å². The number of nitrogens with zero attached hydrogens (tertiary/aromatic N) is 2. The van der Waals surface area contributed by atoms with Gasteiger partial charge < -0.3 is 10.6 Å². The predicted molar refractivity (Wildman–Crippen MR) is 128 cm³/mol. The smallest absolute Gasteiger partial charge is 0.175 e. The molecule has 4 nitrogen and oxygen atoms in total. The molecule has 0 spiro atoms. The van der Waals surface area contributed by atoms with Gasteiger partial charge in [0, 0.05) is 29.3 Å². The van der Waals surface area contributed by atoms with E-state index >= 15 is 0 Å². The maximum atomic E-state index is 5.49. The summed E-state index contributed by atoms with van der Waals surface area (Å²) in [6, 6.07) is 18.4. The molecule has 0 amide bonds. The van der Waals surface area contributed by atoms with Gasteiger partial charge in [-0.05, 0) is 53.5 Å². The molecule has 4 aromatic rings. The van der Waals surface area contributed by atoms with Crippen LogP contribution in [-0.4, -0.2) is 15.1 Å². The lowest BCUT2D eigenvalue weighted by atomic mass is 9.87. The Balaban J connectivity index is 1.47. The van der Waals surface area contributed by atoms with Crippen LogP contribution in [0.4, 0.5) is 11.4 Å². The van der Waals surface area contributed by atoms with E-state index in [2.05, 4.69) is 72.8 Å². The van der Waals surface area contributed by atoms with Crippen molar-refractivity contribution >= 4 is 50.3 Å². The van der Waals surface area contributed by atoms with E-state index < -0.39 is 0 Å². The van der Waals surface area contributed by atoms with Crippen LogP contribution < -0.4 is 10.6 Å². The topological polar surface area (TPSA) is 49.8 Å². The standard InChI is InChI=1S/C23H22N4S2/c1-23(2,3)16-7-9-17(10-8-16)25-22(28)26-18-6-4-5-15(13-18)21-27-19-11-12-24-14-20(19)29-21/h4-14H,1-3H3,(H2,25,26,28). The molecule has 2 N–H and O–H groups in total. The van der Waals surface area contributed by atoms with Crippen molar-refractivity contribution < 1.29 is 0 Å². The fourth-order valence-electron chi connectivity index (χ4n) is 2.98. The highest BCUT2D eigenvalue weighted by Crippen LogP contribution is 2.31. The summed E-state index contributed by atoms with van der Waals surface area (Å²) in [6.45, 7) is 6.61. The Labute approximate surface area is 180 Å². The van der Waals surface area contributed by atoms with Gasteiger partial charge in [-0.3, -0.25) is 4.98 Å². The van der Waals surface area contributed by atoms with Crippen LogP contribution in [0.3, 0.4) is 0 Å². The average molecular weight is 419 g/mol. The van der Waals surface area contributed by atoms with Crippen molar-refractivity contribution in [2.24, 2.45) is 0 Å². The van der Waals surface area contributed by atoms with Crippen molar-refractivity contribution in [2.75, 3.05) is 10.6 Å². The van der Waals surface area contributed by atoms with E-state index in [-0.39, 0.29) is 5.41 Å². The second kappa shape index (κ2) is 7.89. The monoisotopic (exact) mass is 418 g/mol. The number of rotatable bonds is 3. The number of hydrogen-bond acceptors (Lipinski definition) is 4. The third-order valence-corrected chi connectivity index (χ3v) is 5.83. The minimum Gasteiger partial charge on any atom is -0.332 e. The van der Waals surface area contributed by atoms with E-state index in [0.717, 1.165) is 32.2 Å². The molecule has 0 atom stereocenters. The zero-order valence-electron chi connectivity index (χ0n) is 16.6. The normalized spacial score (nSPS) is 11.4. The molecule has 2 aromatic carbocycles. The first-order valence-corrected chi connectivity index (χ1v) is 10.6. The SMILES string of the molecule is CC(C)(C)c1ccc(NC(=S)Nc2cccc(-c3nc4ccncc4s3)c2)cc1. The maximum Gasteiger partial charge on any atom is 0.175 e. The van der Waals surface area contributed by atoms with Gasteiger partial charge in [-0.2, -0.15) is 0 Å². The van der Waals surface area contributed by atoms with Crippen molar-refractivity contribution in [2.45, 2.75) is 26.2 Å². The van der Waals surface area contributed by atoms with Crippen LogP contribution in [0.5, 0.6) is 0 Å². The summed E-state index contributed by atoms with van der Waals surface area (Å²) in [5, 5.41) is 8.03. The van der Waals surface area contributed by atoms with Gasteiger partial charge in [-0.1, -0.05) is 45.0 Å². The van der Waals surface area contributed by atoms with Crippen LogP contribution in [0.2, 0.25) is 0 Å². The summed E-state index contributed by atoms with van der Waals surface area (Å²) in [7, 11) is 0. The highest BCUT2D eigenvalue weighted by atomic mass is 32.1. The highest BCUT2D eigenvalue weighted by molar-refractivity contribution is 7.80. The van der Waals surface area contributed by atoms with Crippen LogP contribution >= 0.6 is 23.6 Å². The van der Waals surface area contributed by atoms with E-state index in [4.69, 9.17) is 17.2 Å². The Bertz CT molecular complexity index is 1120. The zero-order valence-corrected chi connectivity index (χ0v) is 18.2. The Morgan fingerprint density at radius 2 is 1.72 bits per heavy atom. The minimum atomic E-state index is 0.133. The number of aromatic nitrogens is 2. The van der Waals surface area contributed by atoms with Crippen LogP contribution in [-0.2, 0) is 5.41 Å². The molecule has 2 aromatic heterocycles. The lowest BCUT2D eigenvalue weighted by Crippen LogP contribution is -2.19. The number of benzene rings is 2. The van der Waals surface area contributed by atoms with Crippen molar-refractivity contribution in [3.05, 3.63) is 72.6 Å². The molecule has 0 aliphatic heterocycles. The van der Waals surface area contributed by atoms with Gasteiger partial charge in [0.25, 0.3) is 0 Å². The molecule has 0 aliphatic rings. The van der Waals surface area contributed by atoms with E-state index in [1.807, 2.05) is 24.4 Å². The predicted octanol–water partition coefficient (Wildman–Crippen LogP) is 6.46. The van der Waals surface area contributed by atoms with Crippen molar-refractivity contribution in [1.82, 2.24) is 9.97 Å². The van der Waals surface area contributed by atoms with Gasteiger partial charge in [-0.15, -0.1) is 11.3 Å². The number of thiocarbonyl (C=S) groups is 1. The molecule has 2 heterocycles. The first kappa shape index (κ1) is 19.5. The van der Waals surface area contributed by atoms with Gasteiger partial charge in [0.15, 0.2) is 5.11 Å². The molecule has 146 valence electrons. The molecule has 0 fully saturated rings. The van der Waals surface area contributed by atoms with Crippen LogP contribution in [0.1, 0.15) is 26.3 Å². The Kier molecular flexibility index (Phi) is 5.30. The van der Waals surface area contributed by atoms with Gasteiger partial charge in [-0.25, -0.2) is 4.98 Å². The summed E-state index contributed by atoms with van der Waals surface area (Å²) >= 11 is 7.13. The van der Waals surface area contributed by atoms with E-state index in [0.29, 0.717) is 5.11 Å². The largest absolute Gasteiger partial charge is 0.332 e. The number of fused-ring (bicyclic) bond motifs is 1. The van der Waals surface area contributed by atoms with Gasteiger partial charge in [0.05, 0.1) is 10.2 Å². The Morgan fingerprint density at radius 1 is 0.966 bits per heavy atom. The van der Waals surface area contributed by atoms with E-state index in [1.54, 1.807) is 17.5 Å². The Hall–Kier alpha value is -2.83. The summed E-state index contributed by atoms with van der Waals surface area (Å²) in [4.78, 5) is 8.87. The van der Waals surface area contributed by atoms with Crippen molar-refractivity contribution in [1.29, 1.82) is 0 Å². The summed E-state index contributed by atoms with van der Waals surface area (Å²) in [5.41, 5.74) is 5.33. The molecule has 0 saturated heterocycles. The fraction of sp³-hybridized carbons (Fsp3) is 0.174. The number of pyridine rings is 1. The number of thiazole rings is 1. The maximum absolute atomic E-state index is 5.49. The third kappa shape index (κ3) is 4.60. The molecule has 4 rings (SSSR count). The summed E-state index contributed by atoms with van der Waals surface area (Å²) in [5.74, 6) is 0. The summed E-state index contributed by atoms with van der Waals surface area (Å²) < 4.78 is 1.08. The molecule has 6 heteroatoms. The molecular weight excluding hydrogens is 396 g/mol. The number of nitrogens with one attached hydrogen (secondary N) is 2. The first-order valence-electron chi connectivity index (χ1n) is 9.38. The van der Waals surface area contributed by atoms with E-state index in [9.17, 15) is 0 Å². The van der Waals surface area contributed by atoms with Gasteiger partial charge in [0.2, 0.25) is 0 Å². The molecule has 0 saturated carbocycles. The fourth-order valence-corrected chi connectivity index (χ4v) is 4.15. The third-order valence-electron chi connectivity index (χ3n) is 4.57. The number of hydrogen-bond donors (Lipinski definition) is 2. The van der Waals surface area contributed by atoms with Crippen LogP contribution in [0, 0.1) is 0 Å². The lowest BCUT2D eigenvalue weighted by Gasteiger charge is -2.19. The molecular formula is C23H22N4S2. The number of anilines is 2. The molecule has 0 unspecified atom stereocenters. The molecule has 0 bridgehead atoms. The summed E-state index contributed by atoms with van der Waals surface area (Å²) in [6.07, 6.45) is 3.62. The second-order valence-corrected chi connectivity index (χ2v) is 9.29. The second-order valence-electron chi connectivity index (χ2n) is 7.85. The first-order chi connectivity index (χ1) is 13.9. The highest BCUT2D eigenvalue weighted by Gasteiger charge is 2.13. The molecule has 0 aliphatic carbocycles. The van der Waals surface area contributed by atoms with Gasteiger partial charge >= 0.3 is 0 Å². The Morgan fingerprint density at radius 3 is 2.45 bits per heavy atom. The quantitative estimate of drug-likeness (QED) is 0.374. The molecule has 0 radical (unpaired) electrons. The zero-order chi connectivity index (χ0) is 20.4. The van der Waals surface area contributed by atoms with Gasteiger partial charge in [0.1, 0.15) is 5.01 Å². The average Bonchev–Trinajstić information content (AvgIpc) is 3.12. The minimum absolute atomic E-state index is 0.133. The van der Waals surface area contributed by atoms with Crippen LogP contribution in [0.25, 0.3) is 20.8 Å². The van der Waals surface area contributed by atoms with Crippen molar-refractivity contribution in [3.63, 3.8) is 0 Å². The molecule has 29 heavy (non-hydrogen) atoms. The van der Waals surface area contributed by atoms with Crippen LogP contribution in [0.15, 0.2) is 67.0 Å². The van der Waals surface area contributed by atoms with Crippen molar-refractivity contribution in [3.8, 4) is 10.6 Å². The lowest BCUT2D eigenvalue weighted by molar-refractivity contribution is 0.590.